The highest BCUT2D eigenvalue weighted by Gasteiger charge is 2.44. The molecule has 2 aromatic heterocycles. The average molecular weight is 1010 g/mol. The first-order valence-electron chi connectivity index (χ1n) is 24.6. The summed E-state index contributed by atoms with van der Waals surface area (Å²) in [6, 6.07) is 29.0. The minimum Gasteiger partial charge on any atom is -0.508 e. The van der Waals surface area contributed by atoms with Crippen molar-refractivity contribution in [2.24, 2.45) is 0 Å². The highest BCUT2D eigenvalue weighted by Crippen LogP contribution is 2.33. The van der Waals surface area contributed by atoms with E-state index >= 15 is 9.59 Å². The zero-order valence-corrected chi connectivity index (χ0v) is 43.1. The van der Waals surface area contributed by atoms with Crippen molar-refractivity contribution < 1.29 is 34.4 Å². The van der Waals surface area contributed by atoms with Crippen LogP contribution in [0, 0.1) is 34.6 Å². The number of hydrogen-bond acceptors (Lipinski definition) is 15. The zero-order valence-electron chi connectivity index (χ0n) is 41.5. The lowest BCUT2D eigenvalue weighted by atomic mass is 9.98. The summed E-state index contributed by atoms with van der Waals surface area (Å²) >= 11 is 3.26. The summed E-state index contributed by atoms with van der Waals surface area (Å²) in [7, 11) is 0. The van der Waals surface area contributed by atoms with Gasteiger partial charge in [0.25, 0.3) is 0 Å². The lowest BCUT2D eigenvalue weighted by Gasteiger charge is -2.46. The molecule has 378 valence electrons. The Bertz CT molecular complexity index is 2960. The Morgan fingerprint density at radius 2 is 1.06 bits per heavy atom. The second-order valence-electron chi connectivity index (χ2n) is 19.1. The molecule has 17 heteroatoms. The maximum atomic E-state index is 15.1. The number of ether oxygens (including phenoxy) is 2. The van der Waals surface area contributed by atoms with E-state index in [1.807, 2.05) is 120 Å². The second kappa shape index (κ2) is 22.8. The van der Waals surface area contributed by atoms with Crippen LogP contribution in [0.3, 0.4) is 0 Å². The number of carbonyl (C=O) groups is 2. The van der Waals surface area contributed by atoms with Crippen LogP contribution in [-0.4, -0.2) is 160 Å². The number of carbonyl (C=O) groups excluding carboxylic acids is 2. The maximum absolute atomic E-state index is 15.1. The van der Waals surface area contributed by atoms with E-state index in [0.29, 0.717) is 99.4 Å². The summed E-state index contributed by atoms with van der Waals surface area (Å²) in [6.07, 6.45) is -1.54. The minimum atomic E-state index is -0.925. The highest BCUT2D eigenvalue weighted by molar-refractivity contribution is 7.21. The van der Waals surface area contributed by atoms with Gasteiger partial charge in [0.05, 0.1) is 25.4 Å². The number of nitrogens with one attached hydrogen (secondary N) is 2. The van der Waals surface area contributed by atoms with Crippen LogP contribution in [0.2, 0.25) is 0 Å². The number of aliphatic hydroxyl groups is 2. The molecule has 2 fully saturated rings. The summed E-state index contributed by atoms with van der Waals surface area (Å²) in [5, 5.41) is 41.2. The third kappa shape index (κ3) is 12.2. The molecule has 0 aliphatic carbocycles. The van der Waals surface area contributed by atoms with E-state index in [-0.39, 0.29) is 30.8 Å². The number of β-amino-alcohol motifs (C(OH)–C–C–N with tert-alkyl or cyclic N) is 2. The number of rotatable bonds is 18. The van der Waals surface area contributed by atoms with E-state index in [1.165, 1.54) is 0 Å². The fraction of sp³-hybridized carbons (Fsp3) is 0.382. The molecule has 2 amide bonds. The number of hydrogen-bond donors (Lipinski definition) is 5. The van der Waals surface area contributed by atoms with Gasteiger partial charge in [-0.2, -0.15) is 0 Å². The van der Waals surface area contributed by atoms with Crippen LogP contribution in [0.5, 0.6) is 17.2 Å². The lowest BCUT2D eigenvalue weighted by Crippen LogP contribution is -2.67. The van der Waals surface area contributed by atoms with Gasteiger partial charge in [0, 0.05) is 94.5 Å². The van der Waals surface area contributed by atoms with Gasteiger partial charge in [-0.05, 0) is 93.3 Å². The molecule has 3 unspecified atom stereocenters. The molecule has 2 aliphatic heterocycles. The lowest BCUT2D eigenvalue weighted by molar-refractivity contribution is -0.134. The average Bonchev–Trinajstić information content (AvgIpc) is 3.97. The van der Waals surface area contributed by atoms with Crippen LogP contribution in [0.1, 0.15) is 27.3 Å². The van der Waals surface area contributed by atoms with Gasteiger partial charge in [-0.15, -0.1) is 22.7 Å². The maximum Gasteiger partial charge on any atom is 0.243 e. The molecule has 5 aromatic carbocycles. The van der Waals surface area contributed by atoms with Crippen molar-refractivity contribution in [2.45, 2.75) is 58.9 Å². The highest BCUT2D eigenvalue weighted by atomic mass is 32.1. The van der Waals surface area contributed by atoms with Gasteiger partial charge in [0.1, 0.15) is 59.8 Å². The summed E-state index contributed by atoms with van der Waals surface area (Å²) in [4.78, 5) is 48.2. The smallest absolute Gasteiger partial charge is 0.243 e. The number of piperazine rings is 2. The van der Waals surface area contributed by atoms with Gasteiger partial charge in [-0.3, -0.25) is 29.2 Å². The fourth-order valence-corrected chi connectivity index (χ4v) is 11.7. The minimum absolute atomic E-state index is 0.0970. The Morgan fingerprint density at radius 1 is 0.583 bits per heavy atom. The first kappa shape index (κ1) is 50.9. The Balaban J connectivity index is 0.892. The number of para-hydroxylation sites is 1. The van der Waals surface area contributed by atoms with Crippen molar-refractivity contribution in [3.63, 3.8) is 0 Å². The number of phenolic OH excluding ortho intramolecular Hbond substituents is 1. The van der Waals surface area contributed by atoms with Crippen molar-refractivity contribution in [1.82, 2.24) is 29.6 Å². The number of aromatic nitrogens is 2. The van der Waals surface area contributed by atoms with E-state index in [2.05, 4.69) is 35.2 Å². The molecule has 0 bridgehead atoms. The van der Waals surface area contributed by atoms with Crippen LogP contribution in [0.25, 0.3) is 31.0 Å². The number of aryl methyl sites for hydroxylation is 5. The molecule has 5 N–H and O–H groups in total. The molecule has 4 heterocycles. The van der Waals surface area contributed by atoms with Crippen LogP contribution < -0.4 is 20.1 Å². The van der Waals surface area contributed by atoms with Gasteiger partial charge < -0.3 is 35.4 Å². The number of phenols is 1. The predicted molar refractivity (Wildman–Crippen MR) is 287 cm³/mol. The third-order valence-electron chi connectivity index (χ3n) is 13.6. The number of nitrogens with zero attached hydrogens (tertiary/aromatic N) is 6. The van der Waals surface area contributed by atoms with Crippen LogP contribution in [0.15, 0.2) is 97.1 Å². The summed E-state index contributed by atoms with van der Waals surface area (Å²) < 4.78 is 14.3. The Morgan fingerprint density at radius 3 is 1.57 bits per heavy atom. The number of anilines is 2. The SMILES string of the molecule is Cc1nc2cc(OCC(O)CN3CCN(C(C(=O)Nc4c(C)cc(O)cc4C)C(C(=O)Nc4c(C)cccc4C)N4CCN(C[C@@H](O)COc5ccc6sc(-c7ccccc7)nc6c5)CC4)CC3)ccc2s1. The van der Waals surface area contributed by atoms with Gasteiger partial charge >= 0.3 is 0 Å². The van der Waals surface area contributed by atoms with E-state index in [1.54, 1.807) is 34.8 Å². The molecule has 2 saturated heterocycles. The van der Waals surface area contributed by atoms with Crippen molar-refractivity contribution in [3.05, 3.63) is 124 Å². The van der Waals surface area contributed by atoms with Crippen molar-refractivity contribution in [1.29, 1.82) is 0 Å². The van der Waals surface area contributed by atoms with Gasteiger partial charge in [-0.1, -0.05) is 48.5 Å². The number of benzene rings is 5. The van der Waals surface area contributed by atoms with Gasteiger partial charge in [0.15, 0.2) is 0 Å². The van der Waals surface area contributed by atoms with Crippen molar-refractivity contribution in [2.75, 3.05) is 89.3 Å². The largest absolute Gasteiger partial charge is 0.508 e. The molecule has 72 heavy (non-hydrogen) atoms. The number of thiazole rings is 2. The Hall–Kier alpha value is -6.02. The molecule has 4 atom stereocenters. The molecule has 9 rings (SSSR count). The summed E-state index contributed by atoms with van der Waals surface area (Å²) in [5.41, 5.74) is 7.32. The van der Waals surface area contributed by atoms with E-state index < -0.39 is 24.3 Å². The van der Waals surface area contributed by atoms with Crippen LogP contribution in [-0.2, 0) is 9.59 Å². The predicted octanol–water partition coefficient (Wildman–Crippen LogP) is 7.25. The molecular formula is C55H64N8O7S2. The van der Waals surface area contributed by atoms with Gasteiger partial charge in [-0.25, -0.2) is 9.97 Å². The molecule has 7 aromatic rings. The summed E-state index contributed by atoms with van der Waals surface area (Å²) in [5.74, 6) is 0.777. The number of amides is 2. The summed E-state index contributed by atoms with van der Waals surface area (Å²) in [6.45, 7) is 14.6. The molecule has 0 saturated carbocycles. The van der Waals surface area contributed by atoms with E-state index in [4.69, 9.17) is 14.5 Å². The van der Waals surface area contributed by atoms with Crippen LogP contribution >= 0.6 is 22.7 Å². The standard InChI is InChI=1S/C55H64N8O7S2/c1-34-10-9-11-35(2)49(34)58-53(67)51(62-22-18-60(19-23-62)31-42(66)33-70-44-15-17-48-46(29-44)57-55(72-48)39-12-7-6-8-13-39)52(54(68)59-50-36(3)26-40(64)27-37(50)4)63-24-20-61(21-25-63)30-41(65)32-69-43-14-16-47-45(28-43)56-38(5)71-47/h6-17,26-29,41-42,51-52,64-66H,18-25,30-33H2,1-5H3,(H,58,67)(H,59,68)/t41?,42-,51?,52?/m1/s1. The fourth-order valence-electron chi connectivity index (χ4n) is 9.91. The van der Waals surface area contributed by atoms with E-state index in [9.17, 15) is 15.3 Å². The quantitative estimate of drug-likeness (QED) is 0.0545. The third-order valence-corrected chi connectivity index (χ3v) is 15.6. The Labute approximate surface area is 428 Å². The normalized spacial score (nSPS) is 16.9. The van der Waals surface area contributed by atoms with Crippen molar-refractivity contribution >= 4 is 66.3 Å². The number of aliphatic hydroxyl groups excluding tert-OH is 2. The number of fused-ring (bicyclic) bond motifs is 2. The monoisotopic (exact) mass is 1010 g/mol. The van der Waals surface area contributed by atoms with Crippen molar-refractivity contribution in [3.8, 4) is 27.8 Å². The van der Waals surface area contributed by atoms with Crippen LogP contribution in [0.4, 0.5) is 11.4 Å². The first-order valence-corrected chi connectivity index (χ1v) is 26.2. The van der Waals surface area contributed by atoms with E-state index in [0.717, 1.165) is 47.1 Å². The topological polar surface area (TPSA) is 176 Å². The zero-order chi connectivity index (χ0) is 50.5. The molecule has 2 aliphatic rings. The first-order chi connectivity index (χ1) is 34.7. The molecular weight excluding hydrogens is 949 g/mol. The Kier molecular flexibility index (Phi) is 16.1. The second-order valence-corrected chi connectivity index (χ2v) is 21.3. The number of aromatic hydroxyl groups is 1. The molecule has 0 spiro atoms. The van der Waals surface area contributed by atoms with Gasteiger partial charge in [0.2, 0.25) is 11.8 Å². The molecule has 0 radical (unpaired) electrons. The molecule has 15 nitrogen and oxygen atoms in total.